The van der Waals surface area contributed by atoms with Crippen molar-refractivity contribution in [2.45, 2.75) is 25.1 Å². The van der Waals surface area contributed by atoms with E-state index < -0.39 is 0 Å². The Morgan fingerprint density at radius 3 is 2.84 bits per heavy atom. The topological polar surface area (TPSA) is 67.2 Å². The predicted octanol–water partition coefficient (Wildman–Crippen LogP) is 0.970. The molecule has 1 aromatic heterocycles. The molecule has 6 heteroatoms. The largest absolute Gasteiger partial charge is 0.395 e. The third-order valence-electron chi connectivity index (χ3n) is 3.10. The van der Waals surface area contributed by atoms with Crippen LogP contribution >= 0.6 is 11.8 Å². The fraction of sp³-hybridized carbons (Fsp3) is 0.538. The van der Waals surface area contributed by atoms with Gasteiger partial charge < -0.3 is 10.4 Å². The first-order chi connectivity index (χ1) is 8.99. The smallest absolute Gasteiger partial charge is 0.244 e. The lowest BCUT2D eigenvalue weighted by atomic mass is 10.2. The minimum absolute atomic E-state index is 0.0116. The van der Waals surface area contributed by atoms with Crippen molar-refractivity contribution in [2.75, 3.05) is 12.9 Å². The summed E-state index contributed by atoms with van der Waals surface area (Å²) in [5, 5.41) is 16.1. The second-order valence-corrected chi connectivity index (χ2v) is 5.47. The molecule has 0 aliphatic carbocycles. The Balaban J connectivity index is 2.58. The Labute approximate surface area is 118 Å². The Hall–Kier alpha value is -1.27. The molecule has 5 nitrogen and oxygen atoms in total. The zero-order valence-electron chi connectivity index (χ0n) is 11.8. The minimum Gasteiger partial charge on any atom is -0.395 e. The summed E-state index contributed by atoms with van der Waals surface area (Å²) >= 11 is 1.54. The van der Waals surface area contributed by atoms with Crippen molar-refractivity contribution in [2.24, 2.45) is 7.05 Å². The van der Waals surface area contributed by atoms with Gasteiger partial charge in [-0.1, -0.05) is 0 Å². The Kier molecular flexibility index (Phi) is 6.11. The summed E-state index contributed by atoms with van der Waals surface area (Å²) in [6, 6.07) is -0.0767. The number of aliphatic hydroxyl groups is 1. The number of carbonyl (C=O) groups excluding carboxylic acids is 1. The number of thioether (sulfide) groups is 1. The Morgan fingerprint density at radius 1 is 1.68 bits per heavy atom. The molecule has 1 amide bonds. The molecule has 0 radical (unpaired) electrons. The van der Waals surface area contributed by atoms with E-state index in [0.717, 1.165) is 11.3 Å². The van der Waals surface area contributed by atoms with E-state index in [-0.39, 0.29) is 23.8 Å². The van der Waals surface area contributed by atoms with Gasteiger partial charge >= 0.3 is 0 Å². The first-order valence-corrected chi connectivity index (χ1v) is 7.39. The normalized spacial score (nSPS) is 14.6. The summed E-state index contributed by atoms with van der Waals surface area (Å²) in [7, 11) is 1.86. The third kappa shape index (κ3) is 4.40. The fourth-order valence-electron chi connectivity index (χ4n) is 1.65. The molecular weight excluding hydrogens is 262 g/mol. The van der Waals surface area contributed by atoms with Gasteiger partial charge in [0.05, 0.1) is 12.8 Å². The van der Waals surface area contributed by atoms with Crippen molar-refractivity contribution >= 4 is 23.7 Å². The number of nitrogens with one attached hydrogen (secondary N) is 1. The molecule has 2 N–H and O–H groups in total. The van der Waals surface area contributed by atoms with Gasteiger partial charge in [0.1, 0.15) is 0 Å². The first kappa shape index (κ1) is 15.8. The standard InChI is InChI=1S/C13H21N3O2S/c1-9(12(8-17)19-4)15-13(18)6-5-11-7-14-16(3)10(11)2/h5-7,9,12,17H,8H2,1-4H3,(H,15,18)/b6-5+. The second-order valence-electron chi connectivity index (χ2n) is 4.40. The van der Waals surface area contributed by atoms with Gasteiger partial charge in [-0.2, -0.15) is 16.9 Å². The maximum absolute atomic E-state index is 11.8. The van der Waals surface area contributed by atoms with Gasteiger partial charge in [0, 0.05) is 35.7 Å². The molecule has 106 valence electrons. The van der Waals surface area contributed by atoms with E-state index in [1.807, 2.05) is 27.2 Å². The summed E-state index contributed by atoms with van der Waals surface area (Å²) in [5.41, 5.74) is 1.93. The lowest BCUT2D eigenvalue weighted by Gasteiger charge is -2.20. The highest BCUT2D eigenvalue weighted by molar-refractivity contribution is 7.99. The van der Waals surface area contributed by atoms with Crippen LogP contribution in [0.2, 0.25) is 0 Å². The molecule has 0 aliphatic rings. The number of carbonyl (C=O) groups is 1. The molecule has 0 spiro atoms. The zero-order chi connectivity index (χ0) is 14.4. The van der Waals surface area contributed by atoms with E-state index >= 15 is 0 Å². The second kappa shape index (κ2) is 7.35. The van der Waals surface area contributed by atoms with Crippen molar-refractivity contribution in [1.82, 2.24) is 15.1 Å². The van der Waals surface area contributed by atoms with Crippen molar-refractivity contribution in [3.8, 4) is 0 Å². The molecule has 0 bridgehead atoms. The Morgan fingerprint density at radius 2 is 2.37 bits per heavy atom. The molecule has 0 aromatic carbocycles. The highest BCUT2D eigenvalue weighted by Crippen LogP contribution is 2.11. The molecule has 1 aromatic rings. The Bertz CT molecular complexity index is 453. The molecule has 19 heavy (non-hydrogen) atoms. The molecular formula is C13H21N3O2S. The van der Waals surface area contributed by atoms with Crippen LogP contribution in [0, 0.1) is 6.92 Å². The number of aromatic nitrogens is 2. The van der Waals surface area contributed by atoms with E-state index in [9.17, 15) is 4.79 Å². The quantitative estimate of drug-likeness (QED) is 0.764. The van der Waals surface area contributed by atoms with Gasteiger partial charge in [-0.15, -0.1) is 0 Å². The lowest BCUT2D eigenvalue weighted by molar-refractivity contribution is -0.117. The average Bonchev–Trinajstić information content (AvgIpc) is 2.69. The van der Waals surface area contributed by atoms with Crippen molar-refractivity contribution in [3.05, 3.63) is 23.5 Å². The monoisotopic (exact) mass is 283 g/mol. The fourth-order valence-corrected chi connectivity index (χ4v) is 2.27. The van der Waals surface area contributed by atoms with Gasteiger partial charge in [-0.05, 0) is 26.2 Å². The van der Waals surface area contributed by atoms with Crippen LogP contribution in [0.3, 0.4) is 0 Å². The molecule has 0 fully saturated rings. The van der Waals surface area contributed by atoms with Crippen LogP contribution in [0.1, 0.15) is 18.2 Å². The molecule has 1 heterocycles. The maximum atomic E-state index is 11.8. The molecule has 2 atom stereocenters. The van der Waals surface area contributed by atoms with E-state index in [4.69, 9.17) is 5.11 Å². The average molecular weight is 283 g/mol. The summed E-state index contributed by atoms with van der Waals surface area (Å²) < 4.78 is 1.76. The number of amides is 1. The highest BCUT2D eigenvalue weighted by atomic mass is 32.2. The molecule has 2 unspecified atom stereocenters. The highest BCUT2D eigenvalue weighted by Gasteiger charge is 2.16. The van der Waals surface area contributed by atoms with Crippen LogP contribution < -0.4 is 5.32 Å². The predicted molar refractivity (Wildman–Crippen MR) is 79.0 cm³/mol. The number of aliphatic hydroxyl groups excluding tert-OH is 1. The first-order valence-electron chi connectivity index (χ1n) is 6.10. The number of nitrogens with zero attached hydrogens (tertiary/aromatic N) is 2. The van der Waals surface area contributed by atoms with Gasteiger partial charge in [-0.25, -0.2) is 0 Å². The van der Waals surface area contributed by atoms with E-state index in [0.29, 0.717) is 0 Å². The SMILES string of the molecule is CSC(CO)C(C)NC(=O)/C=C/c1cnn(C)c1C. The van der Waals surface area contributed by atoms with Crippen molar-refractivity contribution in [1.29, 1.82) is 0 Å². The van der Waals surface area contributed by atoms with Gasteiger partial charge in [0.15, 0.2) is 0 Å². The van der Waals surface area contributed by atoms with E-state index in [2.05, 4.69) is 10.4 Å². The summed E-state index contributed by atoms with van der Waals surface area (Å²) in [6.45, 7) is 3.88. The summed E-state index contributed by atoms with van der Waals surface area (Å²) in [6.07, 6.45) is 6.88. The molecule has 0 saturated heterocycles. The number of hydrogen-bond acceptors (Lipinski definition) is 4. The summed E-state index contributed by atoms with van der Waals surface area (Å²) in [5.74, 6) is -0.164. The maximum Gasteiger partial charge on any atom is 0.244 e. The van der Waals surface area contributed by atoms with Crippen molar-refractivity contribution < 1.29 is 9.90 Å². The van der Waals surface area contributed by atoms with Crippen LogP contribution in [0.4, 0.5) is 0 Å². The lowest BCUT2D eigenvalue weighted by Crippen LogP contribution is -2.40. The van der Waals surface area contributed by atoms with Crippen molar-refractivity contribution in [3.63, 3.8) is 0 Å². The minimum atomic E-state index is -0.164. The number of aryl methyl sites for hydroxylation is 1. The van der Waals surface area contributed by atoms with Crippen LogP contribution in [0.25, 0.3) is 6.08 Å². The molecule has 1 rings (SSSR count). The van der Waals surface area contributed by atoms with Crippen LogP contribution in [0.15, 0.2) is 12.3 Å². The van der Waals surface area contributed by atoms with E-state index in [1.165, 1.54) is 17.8 Å². The van der Waals surface area contributed by atoms with Crippen LogP contribution in [-0.4, -0.2) is 44.9 Å². The number of rotatable bonds is 6. The van der Waals surface area contributed by atoms with Gasteiger partial charge in [0.25, 0.3) is 0 Å². The van der Waals surface area contributed by atoms with Crippen LogP contribution in [0.5, 0.6) is 0 Å². The molecule has 0 saturated carbocycles. The molecule has 0 aliphatic heterocycles. The zero-order valence-corrected chi connectivity index (χ0v) is 12.6. The van der Waals surface area contributed by atoms with Gasteiger partial charge in [0.2, 0.25) is 5.91 Å². The van der Waals surface area contributed by atoms with E-state index in [1.54, 1.807) is 17.0 Å². The summed E-state index contributed by atoms with van der Waals surface area (Å²) in [4.78, 5) is 11.8. The number of hydrogen-bond donors (Lipinski definition) is 2. The van der Waals surface area contributed by atoms with Crippen LogP contribution in [-0.2, 0) is 11.8 Å². The third-order valence-corrected chi connectivity index (χ3v) is 4.26. The van der Waals surface area contributed by atoms with Gasteiger partial charge in [-0.3, -0.25) is 9.48 Å².